The Bertz CT molecular complexity index is 350. The first-order chi connectivity index (χ1) is 7.58. The van der Waals surface area contributed by atoms with Gasteiger partial charge < -0.3 is 9.64 Å². The lowest BCUT2D eigenvalue weighted by Gasteiger charge is -2.23. The number of ether oxygens (including phenoxy) is 1. The molecule has 4 nitrogen and oxygen atoms in total. The second-order valence-corrected chi connectivity index (χ2v) is 4.59. The maximum absolute atomic E-state index is 11.1. The van der Waals surface area contributed by atoms with E-state index in [1.54, 1.807) is 11.3 Å². The standard InChI is InChI=1S/C11H18N2O2S/c1-5-13(8(2)3)11-12-9(7-16-11)6-10(14)15-4/h7-8H,5-6H2,1-4H3. The number of carbonyl (C=O) groups excluding carboxylic acids is 1. The van der Waals surface area contributed by atoms with Crippen molar-refractivity contribution in [3.05, 3.63) is 11.1 Å². The van der Waals surface area contributed by atoms with E-state index in [1.807, 2.05) is 5.38 Å². The average Bonchev–Trinajstić information content (AvgIpc) is 2.66. The second-order valence-electron chi connectivity index (χ2n) is 3.75. The highest BCUT2D eigenvalue weighted by Crippen LogP contribution is 2.22. The van der Waals surface area contributed by atoms with E-state index in [9.17, 15) is 4.79 Å². The number of esters is 1. The zero-order chi connectivity index (χ0) is 12.1. The molecule has 1 aromatic heterocycles. The van der Waals surface area contributed by atoms with Gasteiger partial charge in [-0.2, -0.15) is 0 Å². The van der Waals surface area contributed by atoms with E-state index in [0.717, 1.165) is 17.4 Å². The Balaban J connectivity index is 2.73. The maximum atomic E-state index is 11.1. The highest BCUT2D eigenvalue weighted by Gasteiger charge is 2.14. The van der Waals surface area contributed by atoms with Crippen molar-refractivity contribution in [3.63, 3.8) is 0 Å². The molecule has 0 amide bonds. The molecule has 0 fully saturated rings. The molecule has 5 heteroatoms. The minimum atomic E-state index is -0.246. The van der Waals surface area contributed by atoms with E-state index in [4.69, 9.17) is 0 Å². The Morgan fingerprint density at radius 3 is 2.81 bits per heavy atom. The average molecular weight is 242 g/mol. The third-order valence-corrected chi connectivity index (χ3v) is 3.23. The summed E-state index contributed by atoms with van der Waals surface area (Å²) in [7, 11) is 1.39. The molecule has 0 unspecified atom stereocenters. The van der Waals surface area contributed by atoms with Crippen molar-refractivity contribution in [2.45, 2.75) is 33.2 Å². The van der Waals surface area contributed by atoms with Gasteiger partial charge in [0.2, 0.25) is 0 Å². The zero-order valence-corrected chi connectivity index (χ0v) is 11.0. The van der Waals surface area contributed by atoms with Gasteiger partial charge in [-0.15, -0.1) is 11.3 Å². The number of hydrogen-bond acceptors (Lipinski definition) is 5. The summed E-state index contributed by atoms with van der Waals surface area (Å²) in [6, 6.07) is 0.419. The molecule has 90 valence electrons. The van der Waals surface area contributed by atoms with Crippen LogP contribution in [0.1, 0.15) is 26.5 Å². The van der Waals surface area contributed by atoms with Crippen molar-refractivity contribution in [2.75, 3.05) is 18.6 Å². The molecular formula is C11H18N2O2S. The molecule has 0 spiro atoms. The predicted octanol–water partition coefficient (Wildman–Crippen LogP) is 2.09. The van der Waals surface area contributed by atoms with E-state index in [2.05, 4.69) is 35.4 Å². The van der Waals surface area contributed by atoms with Crippen LogP contribution in [0.4, 0.5) is 5.13 Å². The molecular weight excluding hydrogens is 224 g/mol. The number of anilines is 1. The number of hydrogen-bond donors (Lipinski definition) is 0. The summed E-state index contributed by atoms with van der Waals surface area (Å²) in [6.07, 6.45) is 0.253. The van der Waals surface area contributed by atoms with Gasteiger partial charge in [-0.1, -0.05) is 0 Å². The van der Waals surface area contributed by atoms with Crippen molar-refractivity contribution < 1.29 is 9.53 Å². The Morgan fingerprint density at radius 2 is 2.31 bits per heavy atom. The Labute approximate surface area is 100 Å². The molecule has 0 N–H and O–H groups in total. The smallest absolute Gasteiger partial charge is 0.311 e. The molecule has 0 aliphatic rings. The monoisotopic (exact) mass is 242 g/mol. The Kier molecular flexibility index (Phi) is 4.73. The van der Waals surface area contributed by atoms with Gasteiger partial charge in [0.05, 0.1) is 19.2 Å². The molecule has 0 bridgehead atoms. The minimum Gasteiger partial charge on any atom is -0.469 e. The first-order valence-electron chi connectivity index (χ1n) is 5.36. The quantitative estimate of drug-likeness (QED) is 0.742. The first-order valence-corrected chi connectivity index (χ1v) is 6.24. The molecule has 1 aromatic rings. The van der Waals surface area contributed by atoms with Crippen LogP contribution in [-0.2, 0) is 16.0 Å². The van der Waals surface area contributed by atoms with Crippen molar-refractivity contribution in [1.29, 1.82) is 0 Å². The van der Waals surface area contributed by atoms with E-state index in [-0.39, 0.29) is 12.4 Å². The summed E-state index contributed by atoms with van der Waals surface area (Å²) < 4.78 is 4.61. The van der Waals surface area contributed by atoms with Crippen LogP contribution in [0.2, 0.25) is 0 Å². The fourth-order valence-electron chi connectivity index (χ4n) is 1.45. The van der Waals surface area contributed by atoms with Crippen molar-refractivity contribution >= 4 is 22.4 Å². The summed E-state index contributed by atoms with van der Waals surface area (Å²) in [5.41, 5.74) is 0.783. The number of methoxy groups -OCH3 is 1. The minimum absolute atomic E-state index is 0.246. The van der Waals surface area contributed by atoms with Crippen LogP contribution in [0.3, 0.4) is 0 Å². The van der Waals surface area contributed by atoms with Crippen LogP contribution in [0.25, 0.3) is 0 Å². The molecule has 0 saturated heterocycles. The molecule has 0 aliphatic heterocycles. The van der Waals surface area contributed by atoms with Gasteiger partial charge in [-0.3, -0.25) is 4.79 Å². The number of rotatable bonds is 5. The molecule has 0 aromatic carbocycles. The number of carbonyl (C=O) groups is 1. The van der Waals surface area contributed by atoms with Crippen LogP contribution in [0.15, 0.2) is 5.38 Å². The summed E-state index contributed by atoms with van der Waals surface area (Å²) in [6.45, 7) is 7.28. The lowest BCUT2D eigenvalue weighted by atomic mass is 10.3. The van der Waals surface area contributed by atoms with Crippen molar-refractivity contribution in [1.82, 2.24) is 4.98 Å². The summed E-state index contributed by atoms with van der Waals surface area (Å²) in [5.74, 6) is -0.246. The SMILES string of the molecule is CCN(c1nc(CC(=O)OC)cs1)C(C)C. The van der Waals surface area contributed by atoms with Gasteiger partial charge in [0.15, 0.2) is 5.13 Å². The highest BCUT2D eigenvalue weighted by atomic mass is 32.1. The van der Waals surface area contributed by atoms with Gasteiger partial charge >= 0.3 is 5.97 Å². The highest BCUT2D eigenvalue weighted by molar-refractivity contribution is 7.13. The molecule has 0 aliphatic carbocycles. The lowest BCUT2D eigenvalue weighted by Crippen LogP contribution is -2.30. The van der Waals surface area contributed by atoms with Gasteiger partial charge in [-0.05, 0) is 20.8 Å². The molecule has 1 heterocycles. The van der Waals surface area contributed by atoms with Gasteiger partial charge in [-0.25, -0.2) is 4.98 Å². The van der Waals surface area contributed by atoms with E-state index in [0.29, 0.717) is 6.04 Å². The van der Waals surface area contributed by atoms with Gasteiger partial charge in [0.1, 0.15) is 0 Å². The van der Waals surface area contributed by atoms with Crippen LogP contribution in [0, 0.1) is 0 Å². The van der Waals surface area contributed by atoms with E-state index < -0.39 is 0 Å². The Hall–Kier alpha value is -1.10. The largest absolute Gasteiger partial charge is 0.469 e. The maximum Gasteiger partial charge on any atom is 0.311 e. The number of aromatic nitrogens is 1. The van der Waals surface area contributed by atoms with Crippen LogP contribution in [-0.4, -0.2) is 30.6 Å². The fraction of sp³-hybridized carbons (Fsp3) is 0.636. The van der Waals surface area contributed by atoms with Crippen molar-refractivity contribution in [2.24, 2.45) is 0 Å². The summed E-state index contributed by atoms with van der Waals surface area (Å²) in [4.78, 5) is 17.7. The summed E-state index contributed by atoms with van der Waals surface area (Å²) in [5, 5.41) is 2.88. The molecule has 16 heavy (non-hydrogen) atoms. The fourth-order valence-corrected chi connectivity index (χ4v) is 2.47. The van der Waals surface area contributed by atoms with Gasteiger partial charge in [0, 0.05) is 18.0 Å². The van der Waals surface area contributed by atoms with E-state index >= 15 is 0 Å². The molecule has 0 radical (unpaired) electrons. The molecule has 1 rings (SSSR count). The van der Waals surface area contributed by atoms with Gasteiger partial charge in [0.25, 0.3) is 0 Å². The summed E-state index contributed by atoms with van der Waals surface area (Å²) >= 11 is 1.57. The zero-order valence-electron chi connectivity index (χ0n) is 10.2. The number of nitrogens with zero attached hydrogens (tertiary/aromatic N) is 2. The first kappa shape index (κ1) is 13.0. The topological polar surface area (TPSA) is 42.4 Å². The predicted molar refractivity (Wildman–Crippen MR) is 66.0 cm³/mol. The number of thiazole rings is 1. The molecule has 0 saturated carbocycles. The third-order valence-electron chi connectivity index (χ3n) is 2.30. The van der Waals surface area contributed by atoms with Crippen molar-refractivity contribution in [3.8, 4) is 0 Å². The Morgan fingerprint density at radius 1 is 1.62 bits per heavy atom. The lowest BCUT2D eigenvalue weighted by molar-refractivity contribution is -0.139. The van der Waals surface area contributed by atoms with Crippen LogP contribution in [0.5, 0.6) is 0 Å². The second kappa shape index (κ2) is 5.84. The van der Waals surface area contributed by atoms with Crippen LogP contribution >= 0.6 is 11.3 Å². The van der Waals surface area contributed by atoms with Crippen LogP contribution < -0.4 is 4.90 Å². The molecule has 0 atom stereocenters. The normalized spacial score (nSPS) is 10.6. The van der Waals surface area contributed by atoms with E-state index in [1.165, 1.54) is 7.11 Å². The third kappa shape index (κ3) is 3.20.